The van der Waals surface area contributed by atoms with Gasteiger partial charge in [0.05, 0.1) is 23.4 Å². The number of carbonyl (C=O) groups excluding carboxylic acids is 1. The Morgan fingerprint density at radius 2 is 1.86 bits per heavy atom. The normalized spacial score (nSPS) is 10.6. The first-order chi connectivity index (χ1) is 10.7. The molecule has 0 unspecified atom stereocenters. The molecule has 3 rings (SSSR count). The topological polar surface area (TPSA) is 39.2 Å². The number of aryl methyl sites for hydroxylation is 1. The highest BCUT2D eigenvalue weighted by Crippen LogP contribution is 2.26. The van der Waals surface area contributed by atoms with E-state index >= 15 is 0 Å². The van der Waals surface area contributed by atoms with Crippen molar-refractivity contribution in [2.45, 2.75) is 13.8 Å². The quantitative estimate of drug-likeness (QED) is 0.672. The highest BCUT2D eigenvalue weighted by Gasteiger charge is 2.16. The number of nitrogens with zero attached hydrogens (tertiary/aromatic N) is 1. The summed E-state index contributed by atoms with van der Waals surface area (Å²) in [6.45, 7) is 4.17. The summed E-state index contributed by atoms with van der Waals surface area (Å²) in [5, 5.41) is 0.947. The first kappa shape index (κ1) is 14.3. The van der Waals surface area contributed by atoms with Crippen molar-refractivity contribution < 1.29 is 9.53 Å². The van der Waals surface area contributed by atoms with Crippen molar-refractivity contribution in [1.82, 2.24) is 4.98 Å². The lowest BCUT2D eigenvalue weighted by atomic mass is 10.0. The number of esters is 1. The molecule has 3 aromatic rings. The van der Waals surface area contributed by atoms with Crippen molar-refractivity contribution in [2.24, 2.45) is 0 Å². The molecule has 1 aromatic heterocycles. The van der Waals surface area contributed by atoms with Gasteiger partial charge < -0.3 is 4.74 Å². The molecule has 110 valence electrons. The number of hydrogen-bond donors (Lipinski definition) is 0. The van der Waals surface area contributed by atoms with Crippen LogP contribution in [0.25, 0.3) is 22.2 Å². The molecule has 0 N–H and O–H groups in total. The summed E-state index contributed by atoms with van der Waals surface area (Å²) in [6.07, 6.45) is 0. The minimum atomic E-state index is -0.336. The van der Waals surface area contributed by atoms with Gasteiger partial charge in [-0.2, -0.15) is 0 Å². The van der Waals surface area contributed by atoms with E-state index < -0.39 is 0 Å². The number of rotatable bonds is 3. The lowest BCUT2D eigenvalue weighted by molar-refractivity contribution is 0.0527. The zero-order valence-electron chi connectivity index (χ0n) is 12.7. The molecule has 0 saturated heterocycles. The Bertz CT molecular complexity index is 825. The zero-order valence-corrected chi connectivity index (χ0v) is 12.7. The van der Waals surface area contributed by atoms with Crippen LogP contribution in [-0.2, 0) is 4.74 Å². The molecule has 0 fully saturated rings. The Morgan fingerprint density at radius 1 is 1.09 bits per heavy atom. The first-order valence-corrected chi connectivity index (χ1v) is 7.33. The maximum atomic E-state index is 12.3. The third kappa shape index (κ3) is 2.70. The molecule has 0 atom stereocenters. The monoisotopic (exact) mass is 291 g/mol. The van der Waals surface area contributed by atoms with Crippen molar-refractivity contribution >= 4 is 16.9 Å². The summed E-state index contributed by atoms with van der Waals surface area (Å²) >= 11 is 0. The standard InChI is InChI=1S/C19H17NO2/c1-3-22-19(21)16-12-15-11-13(2)9-10-17(15)20-18(16)14-7-5-4-6-8-14/h4-12H,3H2,1-2H3. The van der Waals surface area contributed by atoms with Crippen LogP contribution in [0, 0.1) is 6.92 Å². The van der Waals surface area contributed by atoms with E-state index in [9.17, 15) is 4.79 Å². The number of benzene rings is 2. The van der Waals surface area contributed by atoms with E-state index in [4.69, 9.17) is 4.74 Å². The Morgan fingerprint density at radius 3 is 2.59 bits per heavy atom. The van der Waals surface area contributed by atoms with E-state index in [1.807, 2.05) is 61.5 Å². The third-order valence-electron chi connectivity index (χ3n) is 3.51. The van der Waals surface area contributed by atoms with Crippen molar-refractivity contribution in [3.63, 3.8) is 0 Å². The fraction of sp³-hybridized carbons (Fsp3) is 0.158. The number of pyridine rings is 1. The van der Waals surface area contributed by atoms with E-state index in [-0.39, 0.29) is 5.97 Å². The van der Waals surface area contributed by atoms with Crippen LogP contribution in [-0.4, -0.2) is 17.6 Å². The molecule has 2 aromatic carbocycles. The van der Waals surface area contributed by atoms with E-state index in [2.05, 4.69) is 4.98 Å². The molecule has 3 nitrogen and oxygen atoms in total. The van der Waals surface area contributed by atoms with Gasteiger partial charge in [-0.25, -0.2) is 9.78 Å². The molecule has 0 spiro atoms. The van der Waals surface area contributed by atoms with Gasteiger partial charge in [-0.1, -0.05) is 42.0 Å². The molecule has 3 heteroatoms. The number of ether oxygens (including phenoxy) is 1. The van der Waals surface area contributed by atoms with Crippen molar-refractivity contribution in [1.29, 1.82) is 0 Å². The number of hydrogen-bond acceptors (Lipinski definition) is 3. The van der Waals surface area contributed by atoms with Gasteiger partial charge in [0.15, 0.2) is 0 Å². The van der Waals surface area contributed by atoms with Gasteiger partial charge in [0.25, 0.3) is 0 Å². The van der Waals surface area contributed by atoms with Crippen LogP contribution in [0.5, 0.6) is 0 Å². The first-order valence-electron chi connectivity index (χ1n) is 7.33. The van der Waals surface area contributed by atoms with Crippen LogP contribution < -0.4 is 0 Å². The van der Waals surface area contributed by atoms with Crippen molar-refractivity contribution in [3.05, 3.63) is 65.7 Å². The van der Waals surface area contributed by atoms with Crippen LogP contribution in [0.2, 0.25) is 0 Å². The summed E-state index contributed by atoms with van der Waals surface area (Å²) in [6, 6.07) is 17.6. The maximum absolute atomic E-state index is 12.3. The molecule has 1 heterocycles. The van der Waals surface area contributed by atoms with E-state index in [0.29, 0.717) is 17.9 Å². The Kier molecular flexibility index (Phi) is 3.88. The molecule has 0 radical (unpaired) electrons. The van der Waals surface area contributed by atoms with Crippen LogP contribution in [0.4, 0.5) is 0 Å². The molecule has 22 heavy (non-hydrogen) atoms. The molecular weight excluding hydrogens is 274 g/mol. The second-order valence-electron chi connectivity index (χ2n) is 5.17. The Labute approximate surface area is 129 Å². The SMILES string of the molecule is CCOC(=O)c1cc2cc(C)ccc2nc1-c1ccccc1. The Balaban J connectivity index is 2.25. The predicted octanol–water partition coefficient (Wildman–Crippen LogP) is 4.39. The minimum absolute atomic E-state index is 0.336. The second kappa shape index (κ2) is 5.98. The van der Waals surface area contributed by atoms with Gasteiger partial charge in [-0.15, -0.1) is 0 Å². The average molecular weight is 291 g/mol. The largest absolute Gasteiger partial charge is 0.462 e. The van der Waals surface area contributed by atoms with Gasteiger partial charge >= 0.3 is 5.97 Å². The smallest absolute Gasteiger partial charge is 0.340 e. The van der Waals surface area contributed by atoms with Crippen LogP contribution in [0.1, 0.15) is 22.8 Å². The molecule has 0 aliphatic rings. The molecule has 0 amide bonds. The third-order valence-corrected chi connectivity index (χ3v) is 3.51. The predicted molar refractivity (Wildman–Crippen MR) is 87.9 cm³/mol. The maximum Gasteiger partial charge on any atom is 0.340 e. The van der Waals surface area contributed by atoms with Crippen LogP contribution in [0.15, 0.2) is 54.6 Å². The van der Waals surface area contributed by atoms with Gasteiger partial charge in [-0.3, -0.25) is 0 Å². The van der Waals surface area contributed by atoms with E-state index in [1.165, 1.54) is 0 Å². The summed E-state index contributed by atoms with van der Waals surface area (Å²) < 4.78 is 5.19. The van der Waals surface area contributed by atoms with Crippen LogP contribution >= 0.6 is 0 Å². The van der Waals surface area contributed by atoms with Gasteiger partial charge in [-0.05, 0) is 32.0 Å². The van der Waals surface area contributed by atoms with Crippen molar-refractivity contribution in [2.75, 3.05) is 6.61 Å². The fourth-order valence-electron chi connectivity index (χ4n) is 2.48. The van der Waals surface area contributed by atoms with Gasteiger partial charge in [0.1, 0.15) is 0 Å². The average Bonchev–Trinajstić information content (AvgIpc) is 2.54. The van der Waals surface area contributed by atoms with Gasteiger partial charge in [0.2, 0.25) is 0 Å². The summed E-state index contributed by atoms with van der Waals surface area (Å²) in [5.41, 5.74) is 4.09. The van der Waals surface area contributed by atoms with Crippen LogP contribution in [0.3, 0.4) is 0 Å². The molecule has 0 aliphatic carbocycles. The summed E-state index contributed by atoms with van der Waals surface area (Å²) in [4.78, 5) is 17.0. The summed E-state index contributed by atoms with van der Waals surface area (Å²) in [7, 11) is 0. The lowest BCUT2D eigenvalue weighted by Crippen LogP contribution is -2.08. The second-order valence-corrected chi connectivity index (χ2v) is 5.17. The highest BCUT2D eigenvalue weighted by atomic mass is 16.5. The summed E-state index contributed by atoms with van der Waals surface area (Å²) in [5.74, 6) is -0.336. The zero-order chi connectivity index (χ0) is 15.5. The number of carbonyl (C=O) groups is 1. The lowest BCUT2D eigenvalue weighted by Gasteiger charge is -2.10. The number of fused-ring (bicyclic) bond motifs is 1. The number of aromatic nitrogens is 1. The molecule has 0 saturated carbocycles. The van der Waals surface area contributed by atoms with Gasteiger partial charge in [0, 0.05) is 10.9 Å². The molecular formula is C19H17NO2. The molecule has 0 bridgehead atoms. The Hall–Kier alpha value is -2.68. The van der Waals surface area contributed by atoms with Crippen molar-refractivity contribution in [3.8, 4) is 11.3 Å². The molecule has 0 aliphatic heterocycles. The minimum Gasteiger partial charge on any atom is -0.462 e. The van der Waals surface area contributed by atoms with E-state index in [1.54, 1.807) is 6.92 Å². The fourth-order valence-corrected chi connectivity index (χ4v) is 2.48. The highest BCUT2D eigenvalue weighted by molar-refractivity contribution is 6.00. The van der Waals surface area contributed by atoms with E-state index in [0.717, 1.165) is 22.0 Å².